The first kappa shape index (κ1) is 16.0. The van der Waals surface area contributed by atoms with E-state index in [4.69, 9.17) is 0 Å². The number of nitrogens with zero attached hydrogens (tertiary/aromatic N) is 3. The molecule has 0 fully saturated rings. The molecule has 2 aromatic rings. The minimum Gasteiger partial charge on any atom is -0.494 e. The van der Waals surface area contributed by atoms with E-state index in [0.29, 0.717) is 18.7 Å². The fourth-order valence-corrected chi connectivity index (χ4v) is 2.29. The van der Waals surface area contributed by atoms with E-state index < -0.39 is 11.2 Å². The quantitative estimate of drug-likeness (QED) is 0.831. The monoisotopic (exact) mass is 304 g/mol. The highest BCUT2D eigenvalue weighted by Crippen LogP contribution is 2.11. The fourth-order valence-electron chi connectivity index (χ4n) is 2.29. The summed E-state index contributed by atoms with van der Waals surface area (Å²) in [6.07, 6.45) is 0.707. The Bertz CT molecular complexity index is 755. The number of aromatic hydroxyl groups is 1. The molecule has 0 bridgehead atoms. The summed E-state index contributed by atoms with van der Waals surface area (Å²) in [6.45, 7) is 1.18. The molecule has 0 aliphatic carbocycles. The van der Waals surface area contributed by atoms with Crippen LogP contribution in [-0.2, 0) is 6.54 Å². The Hall–Kier alpha value is -2.34. The number of hydrogen-bond donors (Lipinski definition) is 1. The van der Waals surface area contributed by atoms with Crippen molar-refractivity contribution < 1.29 is 9.59 Å². The Kier molecular flexibility index (Phi) is 4.51. The Labute approximate surface area is 129 Å². The summed E-state index contributed by atoms with van der Waals surface area (Å²) in [5.41, 5.74) is -0.459. The molecule has 0 amide bonds. The second-order valence-electron chi connectivity index (χ2n) is 6.31. The highest BCUT2D eigenvalue weighted by molar-refractivity contribution is 5.34. The molecule has 6 heteroatoms. The van der Waals surface area contributed by atoms with Gasteiger partial charge in [-0.3, -0.25) is 9.36 Å². The predicted molar refractivity (Wildman–Crippen MR) is 85.5 cm³/mol. The van der Waals surface area contributed by atoms with Crippen molar-refractivity contribution in [3.63, 3.8) is 0 Å². The van der Waals surface area contributed by atoms with E-state index in [0.717, 1.165) is 21.7 Å². The SMILES string of the molecule is C[N+](C)(C)CCCn1c(=O)cc(O)n(-c2ccccc2)c1=O. The third-order valence-electron chi connectivity index (χ3n) is 3.39. The molecule has 0 aliphatic rings. The van der Waals surface area contributed by atoms with E-state index in [1.807, 2.05) is 6.07 Å². The summed E-state index contributed by atoms with van der Waals surface area (Å²) < 4.78 is 3.08. The summed E-state index contributed by atoms with van der Waals surface area (Å²) in [5, 5.41) is 9.95. The van der Waals surface area contributed by atoms with Gasteiger partial charge in [-0.25, -0.2) is 9.36 Å². The van der Waals surface area contributed by atoms with Crippen LogP contribution in [0.25, 0.3) is 5.69 Å². The standard InChI is InChI=1S/C16H21N3O3/c1-19(2,3)11-7-10-17-14(20)12-15(21)18(16(17)22)13-8-5-4-6-9-13/h4-6,8-9,12H,7,10-11H2,1-3H3/p+1. The fraction of sp³-hybridized carbons (Fsp3) is 0.375. The average molecular weight is 304 g/mol. The van der Waals surface area contributed by atoms with Crippen LogP contribution < -0.4 is 11.2 Å². The van der Waals surface area contributed by atoms with Crippen LogP contribution >= 0.6 is 0 Å². The second kappa shape index (κ2) is 6.19. The topological polar surface area (TPSA) is 64.2 Å². The van der Waals surface area contributed by atoms with Crippen molar-refractivity contribution in [2.24, 2.45) is 0 Å². The number of benzene rings is 1. The van der Waals surface area contributed by atoms with Crippen LogP contribution in [0.3, 0.4) is 0 Å². The van der Waals surface area contributed by atoms with Crippen LogP contribution in [0.1, 0.15) is 6.42 Å². The molecule has 0 aliphatic heterocycles. The molecule has 1 aromatic heterocycles. The maximum Gasteiger partial charge on any atom is 0.338 e. The highest BCUT2D eigenvalue weighted by atomic mass is 16.3. The maximum atomic E-state index is 12.5. The molecule has 1 aromatic carbocycles. The van der Waals surface area contributed by atoms with Crippen molar-refractivity contribution in [2.75, 3.05) is 27.7 Å². The largest absolute Gasteiger partial charge is 0.494 e. The van der Waals surface area contributed by atoms with Gasteiger partial charge in [0.25, 0.3) is 5.56 Å². The summed E-state index contributed by atoms with van der Waals surface area (Å²) in [7, 11) is 6.17. The van der Waals surface area contributed by atoms with Gasteiger partial charge in [0, 0.05) is 13.0 Å². The third kappa shape index (κ3) is 3.65. The zero-order chi connectivity index (χ0) is 16.3. The Morgan fingerprint density at radius 2 is 1.73 bits per heavy atom. The molecule has 118 valence electrons. The number of hydrogen-bond acceptors (Lipinski definition) is 3. The van der Waals surface area contributed by atoms with Gasteiger partial charge in [-0.05, 0) is 12.1 Å². The smallest absolute Gasteiger partial charge is 0.338 e. The van der Waals surface area contributed by atoms with Crippen molar-refractivity contribution in [3.05, 3.63) is 57.2 Å². The minimum absolute atomic E-state index is 0.334. The summed E-state index contributed by atoms with van der Waals surface area (Å²) in [6, 6.07) is 9.87. The summed E-state index contributed by atoms with van der Waals surface area (Å²) in [4.78, 5) is 24.5. The number of rotatable bonds is 5. The Balaban J connectivity index is 2.40. The van der Waals surface area contributed by atoms with Gasteiger partial charge >= 0.3 is 5.69 Å². The molecular weight excluding hydrogens is 282 g/mol. The van der Waals surface area contributed by atoms with Gasteiger partial charge in [-0.1, -0.05) is 18.2 Å². The number of para-hydroxylation sites is 1. The van der Waals surface area contributed by atoms with E-state index in [2.05, 4.69) is 21.1 Å². The van der Waals surface area contributed by atoms with Gasteiger partial charge < -0.3 is 9.59 Å². The van der Waals surface area contributed by atoms with E-state index in [1.54, 1.807) is 24.3 Å². The zero-order valence-corrected chi connectivity index (χ0v) is 13.2. The lowest BCUT2D eigenvalue weighted by molar-refractivity contribution is -0.870. The molecule has 0 radical (unpaired) electrons. The van der Waals surface area contributed by atoms with Gasteiger partial charge in [0.1, 0.15) is 0 Å². The lowest BCUT2D eigenvalue weighted by atomic mass is 10.3. The maximum absolute atomic E-state index is 12.5. The van der Waals surface area contributed by atoms with Crippen LogP contribution in [-0.4, -0.2) is 46.4 Å². The molecule has 6 nitrogen and oxygen atoms in total. The molecule has 0 atom stereocenters. The molecule has 0 saturated carbocycles. The van der Waals surface area contributed by atoms with Crippen molar-refractivity contribution in [2.45, 2.75) is 13.0 Å². The van der Waals surface area contributed by atoms with Gasteiger partial charge in [-0.2, -0.15) is 0 Å². The normalized spacial score (nSPS) is 11.6. The van der Waals surface area contributed by atoms with E-state index >= 15 is 0 Å². The molecule has 22 heavy (non-hydrogen) atoms. The van der Waals surface area contributed by atoms with Crippen LogP contribution in [0.4, 0.5) is 0 Å². The minimum atomic E-state index is -0.516. The lowest BCUT2D eigenvalue weighted by Crippen LogP contribution is -2.41. The average Bonchev–Trinajstić information content (AvgIpc) is 2.42. The van der Waals surface area contributed by atoms with Crippen molar-refractivity contribution in [3.8, 4) is 11.6 Å². The first-order valence-electron chi connectivity index (χ1n) is 7.21. The van der Waals surface area contributed by atoms with Crippen molar-refractivity contribution in [1.29, 1.82) is 0 Å². The van der Waals surface area contributed by atoms with Gasteiger partial charge in [0.15, 0.2) is 0 Å². The van der Waals surface area contributed by atoms with Crippen molar-refractivity contribution in [1.82, 2.24) is 9.13 Å². The number of quaternary nitrogens is 1. The number of aromatic nitrogens is 2. The first-order chi connectivity index (χ1) is 10.3. The summed E-state index contributed by atoms with van der Waals surface area (Å²) >= 11 is 0. The Morgan fingerprint density at radius 3 is 2.32 bits per heavy atom. The van der Waals surface area contributed by atoms with E-state index in [1.165, 1.54) is 4.57 Å². The second-order valence-corrected chi connectivity index (χ2v) is 6.31. The van der Waals surface area contributed by atoms with Crippen molar-refractivity contribution >= 4 is 0 Å². The molecule has 0 unspecified atom stereocenters. The lowest BCUT2D eigenvalue weighted by Gasteiger charge is -2.23. The van der Waals surface area contributed by atoms with Gasteiger partial charge in [0.2, 0.25) is 5.88 Å². The molecule has 0 saturated heterocycles. The molecule has 1 N–H and O–H groups in total. The zero-order valence-electron chi connectivity index (χ0n) is 13.2. The predicted octanol–water partition coefficient (Wildman–Crippen LogP) is 0.801. The van der Waals surface area contributed by atoms with Crippen LogP contribution in [0, 0.1) is 0 Å². The molecule has 2 rings (SSSR count). The van der Waals surface area contributed by atoms with E-state index in [9.17, 15) is 14.7 Å². The van der Waals surface area contributed by atoms with Crippen LogP contribution in [0.15, 0.2) is 46.0 Å². The molecule has 0 spiro atoms. The van der Waals surface area contributed by atoms with Gasteiger partial charge in [-0.15, -0.1) is 0 Å². The Morgan fingerprint density at radius 1 is 1.09 bits per heavy atom. The van der Waals surface area contributed by atoms with Crippen LogP contribution in [0.5, 0.6) is 5.88 Å². The molecule has 1 heterocycles. The molecular formula is C16H22N3O3+. The summed E-state index contributed by atoms with van der Waals surface area (Å²) in [5.74, 6) is -0.343. The third-order valence-corrected chi connectivity index (χ3v) is 3.39. The highest BCUT2D eigenvalue weighted by Gasteiger charge is 2.13. The van der Waals surface area contributed by atoms with E-state index in [-0.39, 0.29) is 5.88 Å². The van der Waals surface area contributed by atoms with Crippen LogP contribution in [0.2, 0.25) is 0 Å². The first-order valence-corrected chi connectivity index (χ1v) is 7.21. The van der Waals surface area contributed by atoms with Gasteiger partial charge in [0.05, 0.1) is 39.4 Å².